The maximum Gasteiger partial charge on any atom is 0.252 e. The zero-order valence-corrected chi connectivity index (χ0v) is 9.44. The molecule has 1 heterocycles. The van der Waals surface area contributed by atoms with Crippen LogP contribution in [0.25, 0.3) is 0 Å². The van der Waals surface area contributed by atoms with Gasteiger partial charge in [0.2, 0.25) is 0 Å². The highest BCUT2D eigenvalue weighted by atomic mass is 16.3. The predicted molar refractivity (Wildman–Crippen MR) is 64.4 cm³/mol. The highest BCUT2D eigenvalue weighted by Gasteiger charge is 2.41. The minimum absolute atomic E-state index is 0.0576. The first-order valence-electron chi connectivity index (χ1n) is 5.46. The Hall–Kier alpha value is -1.82. The Labute approximate surface area is 99.0 Å². The van der Waals surface area contributed by atoms with Crippen LogP contribution in [0.5, 0.6) is 0 Å². The van der Waals surface area contributed by atoms with Gasteiger partial charge in [-0.2, -0.15) is 0 Å². The summed E-state index contributed by atoms with van der Waals surface area (Å²) < 4.78 is 0. The molecule has 2 rings (SSSR count). The van der Waals surface area contributed by atoms with Crippen LogP contribution in [0.15, 0.2) is 12.3 Å². The van der Waals surface area contributed by atoms with Crippen molar-refractivity contribution in [2.24, 2.45) is 11.1 Å². The first kappa shape index (κ1) is 11.7. The third-order valence-electron chi connectivity index (χ3n) is 3.10. The number of pyridine rings is 1. The SMILES string of the molecule is NC(=O)c1cc(N)cnc1NCC1(CO)CC1. The second-order valence-electron chi connectivity index (χ2n) is 4.54. The van der Waals surface area contributed by atoms with Crippen molar-refractivity contribution in [3.8, 4) is 0 Å². The molecule has 1 amide bonds. The molecule has 17 heavy (non-hydrogen) atoms. The van der Waals surface area contributed by atoms with Gasteiger partial charge in [-0.25, -0.2) is 4.98 Å². The number of rotatable bonds is 5. The Bertz CT molecular complexity index is 443. The fraction of sp³-hybridized carbons (Fsp3) is 0.455. The molecule has 0 spiro atoms. The number of carbonyl (C=O) groups is 1. The average Bonchev–Trinajstić information content (AvgIpc) is 3.08. The molecule has 1 saturated carbocycles. The van der Waals surface area contributed by atoms with E-state index >= 15 is 0 Å². The van der Waals surface area contributed by atoms with Crippen molar-refractivity contribution in [2.45, 2.75) is 12.8 Å². The summed E-state index contributed by atoms with van der Waals surface area (Å²) in [7, 11) is 0. The van der Waals surface area contributed by atoms with Gasteiger partial charge in [-0.3, -0.25) is 4.79 Å². The molecule has 0 radical (unpaired) electrons. The second-order valence-corrected chi connectivity index (χ2v) is 4.54. The number of aliphatic hydroxyl groups excluding tert-OH is 1. The van der Waals surface area contributed by atoms with Crippen molar-refractivity contribution in [3.63, 3.8) is 0 Å². The van der Waals surface area contributed by atoms with Gasteiger partial charge in [0.25, 0.3) is 5.91 Å². The lowest BCUT2D eigenvalue weighted by molar-refractivity contribution is 0.100. The molecule has 0 unspecified atom stereocenters. The lowest BCUT2D eigenvalue weighted by atomic mass is 10.1. The number of anilines is 2. The maximum absolute atomic E-state index is 11.2. The topological polar surface area (TPSA) is 114 Å². The van der Waals surface area contributed by atoms with Crippen LogP contribution < -0.4 is 16.8 Å². The molecule has 1 fully saturated rings. The molecule has 6 nitrogen and oxygen atoms in total. The summed E-state index contributed by atoms with van der Waals surface area (Å²) in [5.74, 6) is -0.146. The molecule has 1 aromatic rings. The highest BCUT2D eigenvalue weighted by molar-refractivity contribution is 5.98. The fourth-order valence-corrected chi connectivity index (χ4v) is 1.65. The van der Waals surface area contributed by atoms with E-state index in [1.807, 2.05) is 0 Å². The first-order chi connectivity index (χ1) is 8.06. The van der Waals surface area contributed by atoms with E-state index in [2.05, 4.69) is 10.3 Å². The van der Waals surface area contributed by atoms with Crippen LogP contribution in [0.2, 0.25) is 0 Å². The fourth-order valence-electron chi connectivity index (χ4n) is 1.65. The van der Waals surface area contributed by atoms with Crippen molar-refractivity contribution in [1.82, 2.24) is 4.98 Å². The van der Waals surface area contributed by atoms with Crippen molar-refractivity contribution < 1.29 is 9.90 Å². The molecule has 0 aliphatic heterocycles. The Morgan fingerprint density at radius 1 is 1.59 bits per heavy atom. The summed E-state index contributed by atoms with van der Waals surface area (Å²) >= 11 is 0. The number of nitrogens with one attached hydrogen (secondary N) is 1. The van der Waals surface area contributed by atoms with Gasteiger partial charge < -0.3 is 21.9 Å². The molecule has 6 heteroatoms. The largest absolute Gasteiger partial charge is 0.397 e. The van der Waals surface area contributed by atoms with Gasteiger partial charge in [-0.05, 0) is 18.9 Å². The number of nitrogens with two attached hydrogens (primary N) is 2. The third-order valence-corrected chi connectivity index (χ3v) is 3.10. The van der Waals surface area contributed by atoms with E-state index < -0.39 is 5.91 Å². The number of amides is 1. The minimum atomic E-state index is -0.568. The highest BCUT2D eigenvalue weighted by Crippen LogP contribution is 2.44. The van der Waals surface area contributed by atoms with Gasteiger partial charge in [0.1, 0.15) is 5.82 Å². The number of hydrogen-bond donors (Lipinski definition) is 4. The lowest BCUT2D eigenvalue weighted by Crippen LogP contribution is -2.22. The van der Waals surface area contributed by atoms with Gasteiger partial charge in [0.15, 0.2) is 0 Å². The molecule has 1 aliphatic carbocycles. The third kappa shape index (κ3) is 2.47. The van der Waals surface area contributed by atoms with Crippen molar-refractivity contribution in [3.05, 3.63) is 17.8 Å². The molecule has 92 valence electrons. The molecule has 6 N–H and O–H groups in total. The molecule has 0 aromatic carbocycles. The van der Waals surface area contributed by atoms with E-state index in [-0.39, 0.29) is 17.6 Å². The summed E-state index contributed by atoms with van der Waals surface area (Å²) in [5.41, 5.74) is 11.4. The van der Waals surface area contributed by atoms with E-state index in [9.17, 15) is 9.90 Å². The number of primary amides is 1. The minimum Gasteiger partial charge on any atom is -0.397 e. The van der Waals surface area contributed by atoms with E-state index in [0.29, 0.717) is 18.1 Å². The molecule has 1 aromatic heterocycles. The molecule has 0 bridgehead atoms. The Morgan fingerprint density at radius 2 is 2.29 bits per heavy atom. The first-order valence-corrected chi connectivity index (χ1v) is 5.46. The van der Waals surface area contributed by atoms with Gasteiger partial charge in [-0.15, -0.1) is 0 Å². The zero-order valence-electron chi connectivity index (χ0n) is 9.44. The standard InChI is InChI=1S/C11H16N4O2/c12-7-3-8(9(13)17)10(14-4-7)15-5-11(6-16)1-2-11/h3-4,16H,1-2,5-6,12H2,(H2,13,17)(H,14,15). The van der Waals surface area contributed by atoms with Gasteiger partial charge in [0, 0.05) is 12.0 Å². The van der Waals surface area contributed by atoms with Gasteiger partial charge in [-0.1, -0.05) is 0 Å². The zero-order chi connectivity index (χ0) is 12.5. The summed E-state index contributed by atoms with van der Waals surface area (Å²) in [6.45, 7) is 0.724. The maximum atomic E-state index is 11.2. The van der Waals surface area contributed by atoms with E-state index in [0.717, 1.165) is 12.8 Å². The van der Waals surface area contributed by atoms with Crippen LogP contribution >= 0.6 is 0 Å². The Morgan fingerprint density at radius 3 is 2.82 bits per heavy atom. The number of nitrogens with zero attached hydrogens (tertiary/aromatic N) is 1. The average molecular weight is 236 g/mol. The summed E-state index contributed by atoms with van der Waals surface area (Å²) in [5, 5.41) is 12.2. The van der Waals surface area contributed by atoms with Crippen LogP contribution in [0.4, 0.5) is 11.5 Å². The van der Waals surface area contributed by atoms with Crippen molar-refractivity contribution >= 4 is 17.4 Å². The number of hydrogen-bond acceptors (Lipinski definition) is 5. The summed E-state index contributed by atoms with van der Waals surface area (Å²) in [6.07, 6.45) is 3.43. The Balaban J connectivity index is 2.12. The van der Waals surface area contributed by atoms with Gasteiger partial charge >= 0.3 is 0 Å². The summed E-state index contributed by atoms with van der Waals surface area (Å²) in [4.78, 5) is 15.3. The van der Waals surface area contributed by atoms with Crippen LogP contribution in [0.3, 0.4) is 0 Å². The second kappa shape index (κ2) is 4.21. The van der Waals surface area contributed by atoms with E-state index in [1.54, 1.807) is 0 Å². The molecular formula is C11H16N4O2. The van der Waals surface area contributed by atoms with Crippen molar-refractivity contribution in [1.29, 1.82) is 0 Å². The number of aromatic nitrogens is 1. The number of aliphatic hydroxyl groups is 1. The molecule has 1 aliphatic rings. The van der Waals surface area contributed by atoms with E-state index in [4.69, 9.17) is 11.5 Å². The number of nitrogen functional groups attached to an aromatic ring is 1. The normalized spacial score (nSPS) is 16.5. The van der Waals surface area contributed by atoms with Crippen molar-refractivity contribution in [2.75, 3.05) is 24.2 Å². The van der Waals surface area contributed by atoms with Crippen LogP contribution in [0, 0.1) is 5.41 Å². The smallest absolute Gasteiger partial charge is 0.252 e. The monoisotopic (exact) mass is 236 g/mol. The Kier molecular flexibility index (Phi) is 2.89. The van der Waals surface area contributed by atoms with Crippen LogP contribution in [-0.2, 0) is 0 Å². The van der Waals surface area contributed by atoms with Gasteiger partial charge in [0.05, 0.1) is 24.1 Å². The lowest BCUT2D eigenvalue weighted by Gasteiger charge is -2.14. The van der Waals surface area contributed by atoms with Crippen LogP contribution in [-0.4, -0.2) is 29.1 Å². The van der Waals surface area contributed by atoms with E-state index in [1.165, 1.54) is 12.3 Å². The predicted octanol–water partition coefficient (Wildman–Crippen LogP) is -0.0529. The quantitative estimate of drug-likeness (QED) is 0.572. The molecular weight excluding hydrogens is 220 g/mol. The van der Waals surface area contributed by atoms with Crippen LogP contribution in [0.1, 0.15) is 23.2 Å². The molecule has 0 saturated heterocycles. The number of carbonyl (C=O) groups excluding carboxylic acids is 1. The molecule has 0 atom stereocenters. The summed E-state index contributed by atoms with van der Waals surface area (Å²) in [6, 6.07) is 1.50.